The molecule has 0 saturated carbocycles. The predicted molar refractivity (Wildman–Crippen MR) is 60.8 cm³/mol. The predicted octanol–water partition coefficient (Wildman–Crippen LogP) is -0.0391. The van der Waals surface area contributed by atoms with Crippen LogP contribution in [0.5, 0.6) is 0 Å². The lowest BCUT2D eigenvalue weighted by Crippen LogP contribution is -2.55. The lowest BCUT2D eigenvalue weighted by molar-refractivity contribution is 0.306. The third-order valence-corrected chi connectivity index (χ3v) is 4.02. The molecule has 0 radical (unpaired) electrons. The Morgan fingerprint density at radius 2 is 1.80 bits per heavy atom. The van der Waals surface area contributed by atoms with Crippen LogP contribution in [0.3, 0.4) is 0 Å². The second kappa shape index (κ2) is 4.78. The monoisotopic (exact) mass is 235 g/mol. The summed E-state index contributed by atoms with van der Waals surface area (Å²) >= 11 is 0. The lowest BCUT2D eigenvalue weighted by atomic mass is 9.92. The molecule has 5 nitrogen and oxygen atoms in total. The van der Waals surface area contributed by atoms with Gasteiger partial charge in [-0.3, -0.25) is 0 Å². The van der Waals surface area contributed by atoms with Crippen molar-refractivity contribution >= 4 is 10.2 Å². The van der Waals surface area contributed by atoms with Gasteiger partial charge < -0.3 is 5.32 Å². The summed E-state index contributed by atoms with van der Waals surface area (Å²) < 4.78 is 28.6. The second-order valence-corrected chi connectivity index (χ2v) is 6.14. The van der Waals surface area contributed by atoms with Gasteiger partial charge in [-0.25, -0.2) is 0 Å². The van der Waals surface area contributed by atoms with Gasteiger partial charge in [0.2, 0.25) is 0 Å². The topological polar surface area (TPSA) is 70.2 Å². The Morgan fingerprint density at radius 3 is 2.27 bits per heavy atom. The molecule has 1 aliphatic rings. The third-order valence-electron chi connectivity index (χ3n) is 2.48. The zero-order valence-corrected chi connectivity index (χ0v) is 10.4. The van der Waals surface area contributed by atoms with E-state index in [0.29, 0.717) is 0 Å². The Bertz CT molecular complexity index is 294. The highest BCUT2D eigenvalue weighted by atomic mass is 32.2. The van der Waals surface area contributed by atoms with Gasteiger partial charge in [-0.15, -0.1) is 0 Å². The van der Waals surface area contributed by atoms with Crippen molar-refractivity contribution in [1.82, 2.24) is 14.8 Å². The maximum absolute atomic E-state index is 11.7. The first-order chi connectivity index (χ1) is 6.83. The SMILES string of the molecule is CC(C)NS(=O)(=O)NC1(C)CCNCC1. The Labute approximate surface area is 92.2 Å². The van der Waals surface area contributed by atoms with E-state index >= 15 is 0 Å². The fourth-order valence-electron chi connectivity index (χ4n) is 1.74. The molecule has 1 heterocycles. The standard InChI is InChI=1S/C9H21N3O2S/c1-8(2)11-15(13,14)12-9(3)4-6-10-7-5-9/h8,10-12H,4-7H2,1-3H3. The summed E-state index contributed by atoms with van der Waals surface area (Å²) in [6.07, 6.45) is 1.65. The van der Waals surface area contributed by atoms with Crippen molar-refractivity contribution in [2.45, 2.75) is 45.2 Å². The number of piperidine rings is 1. The number of hydrogen-bond acceptors (Lipinski definition) is 3. The molecule has 1 aliphatic heterocycles. The van der Waals surface area contributed by atoms with Crippen molar-refractivity contribution < 1.29 is 8.42 Å². The van der Waals surface area contributed by atoms with E-state index in [1.807, 2.05) is 20.8 Å². The molecule has 0 aliphatic carbocycles. The number of rotatable bonds is 4. The highest BCUT2D eigenvalue weighted by Crippen LogP contribution is 2.17. The Balaban J connectivity index is 2.59. The van der Waals surface area contributed by atoms with Gasteiger partial charge in [0.15, 0.2) is 0 Å². The van der Waals surface area contributed by atoms with E-state index in [2.05, 4.69) is 14.8 Å². The van der Waals surface area contributed by atoms with Gasteiger partial charge in [-0.2, -0.15) is 17.9 Å². The molecule has 0 spiro atoms. The van der Waals surface area contributed by atoms with Crippen LogP contribution in [0, 0.1) is 0 Å². The molecule has 0 aromatic carbocycles. The summed E-state index contributed by atoms with van der Waals surface area (Å²) in [6, 6.07) is -0.0761. The molecule has 0 amide bonds. The lowest BCUT2D eigenvalue weighted by Gasteiger charge is -2.34. The number of nitrogens with one attached hydrogen (secondary N) is 3. The van der Waals surface area contributed by atoms with Crippen LogP contribution in [0.2, 0.25) is 0 Å². The summed E-state index contributed by atoms with van der Waals surface area (Å²) in [7, 11) is -3.37. The van der Waals surface area contributed by atoms with E-state index in [-0.39, 0.29) is 11.6 Å². The minimum Gasteiger partial charge on any atom is -0.317 e. The fraction of sp³-hybridized carbons (Fsp3) is 1.00. The van der Waals surface area contributed by atoms with Crippen molar-refractivity contribution in [2.75, 3.05) is 13.1 Å². The Morgan fingerprint density at radius 1 is 1.27 bits per heavy atom. The average molecular weight is 235 g/mol. The van der Waals surface area contributed by atoms with Gasteiger partial charge in [0.1, 0.15) is 0 Å². The Kier molecular flexibility index (Phi) is 4.11. The maximum Gasteiger partial charge on any atom is 0.277 e. The van der Waals surface area contributed by atoms with E-state index in [4.69, 9.17) is 0 Å². The molecule has 0 aromatic heterocycles. The molecule has 90 valence electrons. The van der Waals surface area contributed by atoms with Gasteiger partial charge in [0, 0.05) is 11.6 Å². The van der Waals surface area contributed by atoms with Crippen LogP contribution in [-0.2, 0) is 10.2 Å². The molecular weight excluding hydrogens is 214 g/mol. The van der Waals surface area contributed by atoms with Crippen LogP contribution in [0.1, 0.15) is 33.6 Å². The summed E-state index contributed by atoms with van der Waals surface area (Å²) in [4.78, 5) is 0. The van der Waals surface area contributed by atoms with Crippen molar-refractivity contribution in [3.63, 3.8) is 0 Å². The van der Waals surface area contributed by atoms with Crippen LogP contribution in [0.25, 0.3) is 0 Å². The zero-order valence-electron chi connectivity index (χ0n) is 9.63. The normalized spacial score (nSPS) is 21.9. The van der Waals surface area contributed by atoms with E-state index in [1.165, 1.54) is 0 Å². The molecular formula is C9H21N3O2S. The average Bonchev–Trinajstić information content (AvgIpc) is 1.99. The third kappa shape index (κ3) is 4.46. The van der Waals surface area contributed by atoms with E-state index in [1.54, 1.807) is 0 Å². The fourth-order valence-corrected chi connectivity index (χ4v) is 3.28. The van der Waals surface area contributed by atoms with Crippen molar-refractivity contribution in [3.05, 3.63) is 0 Å². The van der Waals surface area contributed by atoms with Crippen LogP contribution in [0.15, 0.2) is 0 Å². The first-order valence-corrected chi connectivity index (χ1v) is 6.83. The first-order valence-electron chi connectivity index (χ1n) is 5.35. The Hall–Kier alpha value is -0.170. The summed E-state index contributed by atoms with van der Waals surface area (Å²) in [5.41, 5.74) is -0.314. The summed E-state index contributed by atoms with van der Waals surface area (Å²) in [5, 5.41) is 3.21. The molecule has 0 aromatic rings. The van der Waals surface area contributed by atoms with Crippen molar-refractivity contribution in [1.29, 1.82) is 0 Å². The van der Waals surface area contributed by atoms with Gasteiger partial charge in [0.05, 0.1) is 0 Å². The van der Waals surface area contributed by atoms with Crippen molar-refractivity contribution in [3.8, 4) is 0 Å². The largest absolute Gasteiger partial charge is 0.317 e. The van der Waals surface area contributed by atoms with E-state index < -0.39 is 10.2 Å². The molecule has 0 bridgehead atoms. The highest BCUT2D eigenvalue weighted by Gasteiger charge is 2.31. The molecule has 1 rings (SSSR count). The van der Waals surface area contributed by atoms with Gasteiger partial charge in [0.25, 0.3) is 10.2 Å². The van der Waals surface area contributed by atoms with Gasteiger partial charge in [-0.1, -0.05) is 0 Å². The summed E-state index contributed by atoms with van der Waals surface area (Å²) in [5.74, 6) is 0. The second-order valence-electron chi connectivity index (χ2n) is 4.69. The molecule has 0 atom stereocenters. The van der Waals surface area contributed by atoms with Crippen LogP contribution in [0.4, 0.5) is 0 Å². The van der Waals surface area contributed by atoms with Crippen LogP contribution in [-0.4, -0.2) is 33.1 Å². The summed E-state index contributed by atoms with van der Waals surface area (Å²) in [6.45, 7) is 7.29. The van der Waals surface area contributed by atoms with Gasteiger partial charge in [-0.05, 0) is 46.7 Å². The molecule has 15 heavy (non-hydrogen) atoms. The van der Waals surface area contributed by atoms with Crippen molar-refractivity contribution in [2.24, 2.45) is 0 Å². The van der Waals surface area contributed by atoms with Crippen LogP contribution < -0.4 is 14.8 Å². The molecule has 0 unspecified atom stereocenters. The number of hydrogen-bond donors (Lipinski definition) is 3. The molecule has 6 heteroatoms. The maximum atomic E-state index is 11.7. The van der Waals surface area contributed by atoms with Crippen LogP contribution >= 0.6 is 0 Å². The zero-order chi connectivity index (χ0) is 11.5. The van der Waals surface area contributed by atoms with E-state index in [9.17, 15) is 8.42 Å². The molecule has 1 saturated heterocycles. The van der Waals surface area contributed by atoms with Gasteiger partial charge >= 0.3 is 0 Å². The van der Waals surface area contributed by atoms with E-state index in [0.717, 1.165) is 25.9 Å². The minimum absolute atomic E-state index is 0.0761. The minimum atomic E-state index is -3.37. The highest BCUT2D eigenvalue weighted by molar-refractivity contribution is 7.87. The molecule has 3 N–H and O–H groups in total. The smallest absolute Gasteiger partial charge is 0.277 e. The molecule has 1 fully saturated rings. The first kappa shape index (κ1) is 12.9. The quantitative estimate of drug-likeness (QED) is 0.640.